The molecule has 0 saturated heterocycles. The zero-order valence-electron chi connectivity index (χ0n) is 15.8. The number of rotatable bonds is 3. The zero-order valence-corrected chi connectivity index (χ0v) is 17.4. The van der Waals surface area contributed by atoms with Crippen molar-refractivity contribution < 1.29 is 13.9 Å². The summed E-state index contributed by atoms with van der Waals surface area (Å²) < 4.78 is 10.9. The predicted octanol–water partition coefficient (Wildman–Crippen LogP) is 6.26. The Morgan fingerprint density at radius 3 is 2.20 bits per heavy atom. The number of carbonyl (C=O) groups is 1. The van der Waals surface area contributed by atoms with Crippen LogP contribution in [0.1, 0.15) is 0 Å². The number of anilines is 2. The number of ether oxygens (including phenoxy) is 1. The summed E-state index contributed by atoms with van der Waals surface area (Å²) in [6.45, 7) is 0. The van der Waals surface area contributed by atoms with E-state index in [0.717, 1.165) is 44.2 Å². The van der Waals surface area contributed by atoms with Gasteiger partial charge in [-0.05, 0) is 48.5 Å². The Balaban J connectivity index is 1.43. The van der Waals surface area contributed by atoms with Gasteiger partial charge in [0.05, 0.1) is 18.5 Å². The molecule has 2 heterocycles. The Morgan fingerprint density at radius 1 is 0.933 bits per heavy atom. The van der Waals surface area contributed by atoms with Crippen molar-refractivity contribution in [2.24, 2.45) is 0 Å². The molecule has 0 N–H and O–H groups in total. The fraction of sp³-hybridized carbons (Fsp3) is 0.0455. The molecule has 0 saturated carbocycles. The summed E-state index contributed by atoms with van der Waals surface area (Å²) in [4.78, 5) is 17.0. The molecule has 1 aliphatic heterocycles. The molecule has 0 atom stereocenters. The molecule has 0 unspecified atom stereocenters. The number of benzene rings is 3. The fourth-order valence-corrected chi connectivity index (χ4v) is 4.82. The summed E-state index contributed by atoms with van der Waals surface area (Å²) in [5, 5.41) is 8.11. The molecule has 0 bridgehead atoms. The van der Waals surface area contributed by atoms with E-state index >= 15 is 0 Å². The summed E-state index contributed by atoms with van der Waals surface area (Å²) in [5.74, 6) is 1.09. The first-order chi connectivity index (χ1) is 14.7. The van der Waals surface area contributed by atoms with E-state index in [1.807, 2.05) is 72.8 Å². The van der Waals surface area contributed by atoms with E-state index in [0.29, 0.717) is 5.89 Å². The SMILES string of the molecule is COc1ccc(-c2nnc(SC(=O)N3c4ccccc4Sc4ccccc43)o2)cc1. The summed E-state index contributed by atoms with van der Waals surface area (Å²) in [6, 6.07) is 23.0. The Morgan fingerprint density at radius 2 is 1.57 bits per heavy atom. The van der Waals surface area contributed by atoms with Gasteiger partial charge in [0.2, 0.25) is 5.89 Å². The predicted molar refractivity (Wildman–Crippen MR) is 117 cm³/mol. The average molecular weight is 434 g/mol. The number of nitrogens with zero attached hydrogens (tertiary/aromatic N) is 3. The maximum Gasteiger partial charge on any atom is 0.300 e. The molecule has 30 heavy (non-hydrogen) atoms. The maximum absolute atomic E-state index is 13.3. The van der Waals surface area contributed by atoms with Gasteiger partial charge in [0, 0.05) is 27.1 Å². The molecule has 1 aliphatic rings. The quantitative estimate of drug-likeness (QED) is 0.353. The number of fused-ring (bicyclic) bond motifs is 2. The second-order valence-corrected chi connectivity index (χ2v) is 8.33. The first-order valence-corrected chi connectivity index (χ1v) is 10.7. The van der Waals surface area contributed by atoms with Crippen molar-refractivity contribution in [3.05, 3.63) is 72.8 Å². The lowest BCUT2D eigenvalue weighted by Crippen LogP contribution is -2.24. The fourth-order valence-electron chi connectivity index (χ4n) is 3.12. The first-order valence-electron chi connectivity index (χ1n) is 9.09. The van der Waals surface area contributed by atoms with Crippen LogP contribution >= 0.6 is 23.5 Å². The third kappa shape index (κ3) is 3.44. The lowest BCUT2D eigenvalue weighted by atomic mass is 10.2. The molecule has 0 aliphatic carbocycles. The second kappa shape index (κ2) is 7.89. The molecule has 3 aromatic carbocycles. The number of carbonyl (C=O) groups excluding carboxylic acids is 1. The number of thioether (sulfide) groups is 1. The van der Waals surface area contributed by atoms with Gasteiger partial charge in [0.1, 0.15) is 5.75 Å². The number of hydrogen-bond acceptors (Lipinski definition) is 7. The van der Waals surface area contributed by atoms with E-state index < -0.39 is 0 Å². The number of amides is 1. The first kappa shape index (κ1) is 18.8. The van der Waals surface area contributed by atoms with Gasteiger partial charge in [-0.25, -0.2) is 0 Å². The van der Waals surface area contributed by atoms with Crippen LogP contribution in [0.3, 0.4) is 0 Å². The van der Waals surface area contributed by atoms with Crippen LogP contribution in [-0.4, -0.2) is 22.5 Å². The molecule has 8 heteroatoms. The third-order valence-electron chi connectivity index (χ3n) is 4.53. The Bertz CT molecular complexity index is 1180. The van der Waals surface area contributed by atoms with E-state index in [9.17, 15) is 4.79 Å². The lowest BCUT2D eigenvalue weighted by molar-refractivity contribution is 0.266. The van der Waals surface area contributed by atoms with Crippen LogP contribution in [-0.2, 0) is 0 Å². The van der Waals surface area contributed by atoms with Gasteiger partial charge >= 0.3 is 0 Å². The van der Waals surface area contributed by atoms with Gasteiger partial charge in [0.15, 0.2) is 0 Å². The summed E-state index contributed by atoms with van der Waals surface area (Å²) in [7, 11) is 1.61. The van der Waals surface area contributed by atoms with Crippen LogP contribution in [0.25, 0.3) is 11.5 Å². The Kier molecular flexibility index (Phi) is 4.94. The number of aromatic nitrogens is 2. The van der Waals surface area contributed by atoms with Gasteiger partial charge < -0.3 is 9.15 Å². The van der Waals surface area contributed by atoms with Gasteiger partial charge in [0.25, 0.3) is 10.5 Å². The molecule has 5 rings (SSSR count). The van der Waals surface area contributed by atoms with Crippen molar-refractivity contribution in [3.63, 3.8) is 0 Å². The molecule has 4 aromatic rings. The minimum atomic E-state index is -0.208. The lowest BCUT2D eigenvalue weighted by Gasteiger charge is -2.30. The van der Waals surface area contributed by atoms with E-state index in [1.54, 1.807) is 23.8 Å². The molecular weight excluding hydrogens is 418 g/mol. The highest BCUT2D eigenvalue weighted by Gasteiger charge is 2.29. The van der Waals surface area contributed by atoms with Crippen molar-refractivity contribution in [2.45, 2.75) is 15.0 Å². The second-order valence-electron chi connectivity index (χ2n) is 6.34. The van der Waals surface area contributed by atoms with Crippen molar-refractivity contribution >= 4 is 40.1 Å². The van der Waals surface area contributed by atoms with Crippen LogP contribution in [0.5, 0.6) is 5.75 Å². The number of hydrogen-bond donors (Lipinski definition) is 0. The van der Waals surface area contributed by atoms with Crippen molar-refractivity contribution in [2.75, 3.05) is 12.0 Å². The molecule has 6 nitrogen and oxygen atoms in total. The minimum Gasteiger partial charge on any atom is -0.497 e. The Hall–Kier alpha value is -3.23. The third-order valence-corrected chi connectivity index (χ3v) is 6.36. The van der Waals surface area contributed by atoms with Gasteiger partial charge in [-0.1, -0.05) is 36.0 Å². The number of para-hydroxylation sites is 2. The van der Waals surface area contributed by atoms with E-state index in [1.165, 1.54) is 0 Å². The molecule has 0 fully saturated rings. The van der Waals surface area contributed by atoms with Crippen molar-refractivity contribution in [1.29, 1.82) is 0 Å². The average Bonchev–Trinajstić information content (AvgIpc) is 3.25. The van der Waals surface area contributed by atoms with Crippen LogP contribution in [0.15, 0.2) is 92.2 Å². The number of methoxy groups -OCH3 is 1. The van der Waals surface area contributed by atoms with Crippen LogP contribution in [0, 0.1) is 0 Å². The van der Waals surface area contributed by atoms with E-state index in [2.05, 4.69) is 10.2 Å². The normalized spacial score (nSPS) is 12.2. The van der Waals surface area contributed by atoms with E-state index in [-0.39, 0.29) is 10.5 Å². The monoisotopic (exact) mass is 433 g/mol. The summed E-state index contributed by atoms with van der Waals surface area (Å²) in [5.41, 5.74) is 2.44. The van der Waals surface area contributed by atoms with Gasteiger partial charge in [-0.3, -0.25) is 9.69 Å². The topological polar surface area (TPSA) is 68.5 Å². The molecule has 1 amide bonds. The van der Waals surface area contributed by atoms with Crippen molar-refractivity contribution in [1.82, 2.24) is 10.2 Å². The van der Waals surface area contributed by atoms with Crippen LogP contribution < -0.4 is 9.64 Å². The van der Waals surface area contributed by atoms with E-state index in [4.69, 9.17) is 9.15 Å². The van der Waals surface area contributed by atoms with Gasteiger partial charge in [-0.15, -0.1) is 10.2 Å². The molecule has 1 aromatic heterocycles. The Labute approximate surface area is 181 Å². The molecular formula is C22H15N3O3S2. The highest BCUT2D eigenvalue weighted by Crippen LogP contribution is 2.49. The zero-order chi connectivity index (χ0) is 20.5. The van der Waals surface area contributed by atoms with Crippen LogP contribution in [0.4, 0.5) is 16.2 Å². The molecule has 0 spiro atoms. The molecule has 148 valence electrons. The van der Waals surface area contributed by atoms with Gasteiger partial charge in [-0.2, -0.15) is 0 Å². The van der Waals surface area contributed by atoms with Crippen molar-refractivity contribution in [3.8, 4) is 17.2 Å². The minimum absolute atomic E-state index is 0.194. The maximum atomic E-state index is 13.3. The summed E-state index contributed by atoms with van der Waals surface area (Å²) >= 11 is 2.56. The highest BCUT2D eigenvalue weighted by molar-refractivity contribution is 8.13. The highest BCUT2D eigenvalue weighted by atomic mass is 32.2. The standard InChI is InChI=1S/C22H15N3O3S2/c1-27-15-12-10-14(11-13-15)20-23-24-21(28-20)30-22(26)25-16-6-2-4-8-18(16)29-19-9-5-3-7-17(19)25/h2-13H,1H3. The van der Waals surface area contributed by atoms with Crippen LogP contribution in [0.2, 0.25) is 0 Å². The molecule has 0 radical (unpaired) electrons. The summed E-state index contributed by atoms with van der Waals surface area (Å²) in [6.07, 6.45) is 0. The largest absolute Gasteiger partial charge is 0.497 e. The smallest absolute Gasteiger partial charge is 0.300 e.